The van der Waals surface area contributed by atoms with Gasteiger partial charge in [0.15, 0.2) is 0 Å². The smallest absolute Gasteiger partial charge is 0.336 e. The van der Waals surface area contributed by atoms with Crippen LogP contribution in [0.15, 0.2) is 87.0 Å². The summed E-state index contributed by atoms with van der Waals surface area (Å²) in [5, 5.41) is 1.65. The van der Waals surface area contributed by atoms with Gasteiger partial charge in [0.05, 0.1) is 4.90 Å². The normalized spacial score (nSPS) is 12.6. The van der Waals surface area contributed by atoms with Crippen molar-refractivity contribution >= 4 is 37.9 Å². The largest absolute Gasteiger partial charge is 0.425 e. The molecule has 2 heterocycles. The number of ether oxygens (including phenoxy) is 1. The van der Waals surface area contributed by atoms with E-state index in [-0.39, 0.29) is 17.1 Å². The number of esters is 1. The molecule has 0 fully saturated rings. The van der Waals surface area contributed by atoms with E-state index in [1.54, 1.807) is 37.4 Å². The quantitative estimate of drug-likeness (QED) is 0.143. The Morgan fingerprint density at radius 1 is 1.00 bits per heavy atom. The van der Waals surface area contributed by atoms with E-state index >= 15 is 0 Å². The molecule has 0 radical (unpaired) electrons. The number of fused-ring (bicyclic) bond motifs is 2. The summed E-state index contributed by atoms with van der Waals surface area (Å²) in [6, 6.07) is 17.6. The Morgan fingerprint density at radius 3 is 2.50 bits per heavy atom. The number of carbonyl (C=O) groups is 1. The van der Waals surface area contributed by atoms with Crippen molar-refractivity contribution in [2.45, 2.75) is 51.0 Å². The molecule has 8 nitrogen and oxygen atoms in total. The maximum Gasteiger partial charge on any atom is 0.336 e. The van der Waals surface area contributed by atoms with Gasteiger partial charge in [0, 0.05) is 40.5 Å². The molecule has 206 valence electrons. The first-order valence-electron chi connectivity index (χ1n) is 13.1. The van der Waals surface area contributed by atoms with E-state index in [0.29, 0.717) is 17.6 Å². The first-order chi connectivity index (χ1) is 19.2. The van der Waals surface area contributed by atoms with Gasteiger partial charge in [-0.3, -0.25) is 0 Å². The Morgan fingerprint density at radius 2 is 1.75 bits per heavy atom. The van der Waals surface area contributed by atoms with Gasteiger partial charge in [-0.2, -0.15) is 4.72 Å². The molecule has 1 unspecified atom stereocenters. The molecule has 0 aliphatic carbocycles. The molecule has 9 heteroatoms. The molecular weight excluding hydrogens is 528 g/mol. The molecule has 0 spiro atoms. The molecule has 40 heavy (non-hydrogen) atoms. The van der Waals surface area contributed by atoms with Gasteiger partial charge < -0.3 is 14.1 Å². The Balaban J connectivity index is 1.50. The number of H-pyrrole nitrogens is 1. The highest BCUT2D eigenvalue weighted by molar-refractivity contribution is 7.89. The number of carbonyl (C=O) groups excluding carboxylic acids is 1. The van der Waals surface area contributed by atoms with E-state index in [1.807, 2.05) is 38.1 Å². The van der Waals surface area contributed by atoms with Crippen molar-refractivity contribution in [3.63, 3.8) is 0 Å². The maximum atomic E-state index is 13.6. The van der Waals surface area contributed by atoms with Gasteiger partial charge in [0.1, 0.15) is 17.4 Å². The topological polar surface area (TPSA) is 118 Å². The van der Waals surface area contributed by atoms with Crippen LogP contribution in [0, 0.1) is 13.8 Å². The van der Waals surface area contributed by atoms with Crippen LogP contribution in [-0.4, -0.2) is 25.4 Å². The van der Waals surface area contributed by atoms with E-state index in [4.69, 9.17) is 9.15 Å². The molecule has 0 aliphatic rings. The fourth-order valence-electron chi connectivity index (χ4n) is 4.84. The highest BCUT2D eigenvalue weighted by atomic mass is 32.2. The van der Waals surface area contributed by atoms with Crippen molar-refractivity contribution in [1.82, 2.24) is 9.71 Å². The lowest BCUT2D eigenvalue weighted by atomic mass is 10.0. The Labute approximate surface area is 232 Å². The second kappa shape index (κ2) is 11.1. The number of sulfonamides is 1. The lowest BCUT2D eigenvalue weighted by molar-refractivity contribution is -0.136. The summed E-state index contributed by atoms with van der Waals surface area (Å²) in [5.41, 5.74) is 3.74. The van der Waals surface area contributed by atoms with E-state index in [0.717, 1.165) is 39.4 Å². The first-order valence-corrected chi connectivity index (χ1v) is 14.6. The number of para-hydroxylation sites is 1. The van der Waals surface area contributed by atoms with Crippen LogP contribution >= 0.6 is 0 Å². The predicted octanol–water partition coefficient (Wildman–Crippen LogP) is 5.34. The van der Waals surface area contributed by atoms with Crippen LogP contribution in [0.3, 0.4) is 0 Å². The Kier molecular flexibility index (Phi) is 7.60. The molecule has 2 N–H and O–H groups in total. The highest BCUT2D eigenvalue weighted by Crippen LogP contribution is 2.30. The van der Waals surface area contributed by atoms with Gasteiger partial charge in [0.2, 0.25) is 10.0 Å². The summed E-state index contributed by atoms with van der Waals surface area (Å²) in [4.78, 5) is 29.0. The van der Waals surface area contributed by atoms with Crippen molar-refractivity contribution in [2.75, 3.05) is 0 Å². The minimum Gasteiger partial charge on any atom is -0.425 e. The molecule has 1 atom stereocenters. The van der Waals surface area contributed by atoms with Crippen LogP contribution in [0.4, 0.5) is 0 Å². The molecule has 5 rings (SSSR count). The van der Waals surface area contributed by atoms with E-state index in [2.05, 4.69) is 9.71 Å². The van der Waals surface area contributed by atoms with Crippen molar-refractivity contribution in [2.24, 2.45) is 0 Å². The highest BCUT2D eigenvalue weighted by Gasteiger charge is 2.29. The molecule has 3 aromatic carbocycles. The number of aromatic nitrogens is 1. The van der Waals surface area contributed by atoms with Crippen molar-refractivity contribution < 1.29 is 22.4 Å². The van der Waals surface area contributed by atoms with Crippen LogP contribution in [0.2, 0.25) is 0 Å². The minimum absolute atomic E-state index is 0.0435. The van der Waals surface area contributed by atoms with E-state index in [9.17, 15) is 18.0 Å². The number of rotatable bonds is 9. The third-order valence-electron chi connectivity index (χ3n) is 6.94. The summed E-state index contributed by atoms with van der Waals surface area (Å²) in [6.45, 7) is 5.59. The molecule has 5 aromatic rings. The first kappa shape index (κ1) is 27.4. The van der Waals surface area contributed by atoms with E-state index in [1.165, 1.54) is 18.2 Å². The average Bonchev–Trinajstić information content (AvgIpc) is 3.33. The standard InChI is InChI=1S/C31H30N2O6S/c1-4-7-21-17-29(34)39-30-20(3)28(15-14-25(21)30)38-31(35)27(16-22-18-32-26-9-6-5-8-24(22)26)33-40(36,37)23-12-10-19(2)11-13-23/h5-6,8-15,17-18,27,32-33H,4,7,16H2,1-3H3. The zero-order chi connectivity index (χ0) is 28.4. The third kappa shape index (κ3) is 5.57. The number of hydrogen-bond donors (Lipinski definition) is 2. The molecular formula is C31H30N2O6S. The molecule has 0 saturated carbocycles. The lowest BCUT2D eigenvalue weighted by Crippen LogP contribution is -2.44. The number of aromatic amines is 1. The third-order valence-corrected chi connectivity index (χ3v) is 8.43. The van der Waals surface area contributed by atoms with Crippen LogP contribution < -0.4 is 15.1 Å². The number of hydrogen-bond acceptors (Lipinski definition) is 6. The van der Waals surface area contributed by atoms with Crippen LogP contribution in [-0.2, 0) is 27.7 Å². The van der Waals surface area contributed by atoms with Crippen molar-refractivity contribution in [3.8, 4) is 5.75 Å². The molecule has 0 saturated heterocycles. The van der Waals surface area contributed by atoms with Gasteiger partial charge in [-0.25, -0.2) is 18.0 Å². The van der Waals surface area contributed by atoms with Crippen molar-refractivity contribution in [1.29, 1.82) is 0 Å². The molecule has 0 bridgehead atoms. The second-order valence-corrected chi connectivity index (χ2v) is 11.6. The number of aryl methyl sites for hydroxylation is 3. The van der Waals surface area contributed by atoms with Gasteiger partial charge in [0.25, 0.3) is 0 Å². The van der Waals surface area contributed by atoms with Gasteiger partial charge in [-0.1, -0.05) is 49.2 Å². The Hall–Kier alpha value is -4.21. The van der Waals surface area contributed by atoms with Crippen LogP contribution in [0.5, 0.6) is 5.75 Å². The minimum atomic E-state index is -4.05. The van der Waals surface area contributed by atoms with Crippen LogP contribution in [0.25, 0.3) is 21.9 Å². The fourth-order valence-corrected chi connectivity index (χ4v) is 6.03. The number of nitrogens with one attached hydrogen (secondary N) is 2. The SMILES string of the molecule is CCCc1cc(=O)oc2c(C)c(OC(=O)C(Cc3c[nH]c4ccccc34)NS(=O)(=O)c3ccc(C)cc3)ccc12. The second-order valence-electron chi connectivity index (χ2n) is 9.88. The zero-order valence-corrected chi connectivity index (χ0v) is 23.3. The summed E-state index contributed by atoms with van der Waals surface area (Å²) >= 11 is 0. The lowest BCUT2D eigenvalue weighted by Gasteiger charge is -2.19. The molecule has 2 aromatic heterocycles. The summed E-state index contributed by atoms with van der Waals surface area (Å²) in [5.74, 6) is -0.594. The number of benzene rings is 3. The van der Waals surface area contributed by atoms with Gasteiger partial charge in [-0.05, 0) is 61.7 Å². The van der Waals surface area contributed by atoms with Gasteiger partial charge in [-0.15, -0.1) is 0 Å². The molecule has 0 amide bonds. The van der Waals surface area contributed by atoms with Gasteiger partial charge >= 0.3 is 11.6 Å². The molecule has 0 aliphatic heterocycles. The maximum absolute atomic E-state index is 13.6. The average molecular weight is 559 g/mol. The predicted molar refractivity (Wildman–Crippen MR) is 154 cm³/mol. The Bertz CT molecular complexity index is 1870. The summed E-state index contributed by atoms with van der Waals surface area (Å²) < 4.78 is 40.4. The van der Waals surface area contributed by atoms with Crippen LogP contribution in [0.1, 0.15) is 35.6 Å². The summed E-state index contributed by atoms with van der Waals surface area (Å²) in [7, 11) is -4.05. The van der Waals surface area contributed by atoms with E-state index < -0.39 is 27.7 Å². The van der Waals surface area contributed by atoms with Crippen molar-refractivity contribution in [3.05, 3.63) is 106 Å². The monoisotopic (exact) mass is 558 g/mol. The summed E-state index contributed by atoms with van der Waals surface area (Å²) in [6.07, 6.45) is 3.37. The fraction of sp³-hybridized carbons (Fsp3) is 0.226. The zero-order valence-electron chi connectivity index (χ0n) is 22.5.